The van der Waals surface area contributed by atoms with Crippen LogP contribution in [0.5, 0.6) is 0 Å². The highest BCUT2D eigenvalue weighted by Crippen LogP contribution is 2.64. The molecule has 3 aromatic carbocycles. The van der Waals surface area contributed by atoms with Crippen molar-refractivity contribution in [2.24, 2.45) is 16.7 Å². The van der Waals surface area contributed by atoms with E-state index in [-0.39, 0.29) is 41.8 Å². The number of Topliss-reactive ketones (excluding diaryl/α,β-unsaturated/α-hetero) is 1. The van der Waals surface area contributed by atoms with Gasteiger partial charge in [0.2, 0.25) is 6.10 Å². The minimum absolute atomic E-state index is 0.0267. The van der Waals surface area contributed by atoms with Crippen molar-refractivity contribution in [3.05, 3.63) is 119 Å². The van der Waals surface area contributed by atoms with Gasteiger partial charge in [-0.15, -0.1) is 0 Å². The molecule has 356 valence electrons. The van der Waals surface area contributed by atoms with Gasteiger partial charge in [0, 0.05) is 37.7 Å². The van der Waals surface area contributed by atoms with Gasteiger partial charge in [0.15, 0.2) is 17.5 Å². The minimum atomic E-state index is -2.44. The first-order valence-corrected chi connectivity index (χ1v) is 22.1. The Morgan fingerprint density at radius 3 is 1.99 bits per heavy atom. The van der Waals surface area contributed by atoms with Crippen molar-refractivity contribution in [1.29, 1.82) is 0 Å². The van der Waals surface area contributed by atoms with Crippen LogP contribution in [0, 0.1) is 16.7 Å². The number of ether oxygens (including phenoxy) is 6. The van der Waals surface area contributed by atoms with E-state index in [1.165, 1.54) is 33.0 Å². The van der Waals surface area contributed by atoms with Gasteiger partial charge >= 0.3 is 29.8 Å². The maximum Gasteiger partial charge on any atom is 0.350 e. The number of hydrogen-bond acceptors (Lipinski definition) is 16. The molecule has 1 aliphatic heterocycles. The largest absolute Gasteiger partial charge is 0.455 e. The van der Waals surface area contributed by atoms with E-state index in [4.69, 9.17) is 28.4 Å². The SMILES string of the molecule is CNCC(=O)O[C@@H](C(=O)O[C@H]1C[C@@]2(O)[C@@H](OC(=O)c3ccccc3)[C@@H]3[C@]4(OC(C)=O)CO[C@@H]4C[C@H](O)[C@@]3(C)C(=O)[C@H](OC(C)=O)C(=C1C)C2(C)C)[C@@H](NC(=O)c1ccccc1)c1ccccc1. The van der Waals surface area contributed by atoms with Gasteiger partial charge in [0.05, 0.1) is 36.2 Å². The van der Waals surface area contributed by atoms with Crippen LogP contribution in [0.1, 0.15) is 86.7 Å². The van der Waals surface area contributed by atoms with Crippen molar-refractivity contribution in [2.45, 2.75) is 108 Å². The molecule has 1 heterocycles. The van der Waals surface area contributed by atoms with Crippen molar-refractivity contribution in [3.8, 4) is 0 Å². The highest BCUT2D eigenvalue weighted by molar-refractivity contribution is 5.96. The second-order valence-corrected chi connectivity index (χ2v) is 18.3. The predicted octanol–water partition coefficient (Wildman–Crippen LogP) is 3.51. The first-order valence-electron chi connectivity index (χ1n) is 22.1. The lowest BCUT2D eigenvalue weighted by Crippen LogP contribution is -2.82. The Morgan fingerprint density at radius 1 is 0.836 bits per heavy atom. The molecule has 0 radical (unpaired) electrons. The third-order valence-electron chi connectivity index (χ3n) is 14.0. The normalized spacial score (nSPS) is 30.3. The minimum Gasteiger partial charge on any atom is -0.455 e. The van der Waals surface area contributed by atoms with Crippen LogP contribution < -0.4 is 10.6 Å². The van der Waals surface area contributed by atoms with Crippen LogP contribution >= 0.6 is 0 Å². The summed E-state index contributed by atoms with van der Waals surface area (Å²) in [7, 11) is 1.49. The van der Waals surface area contributed by atoms with Crippen LogP contribution in [0.4, 0.5) is 0 Å². The summed E-state index contributed by atoms with van der Waals surface area (Å²) >= 11 is 0. The van der Waals surface area contributed by atoms with E-state index in [1.807, 2.05) is 0 Å². The lowest BCUT2D eigenvalue weighted by Gasteiger charge is -2.67. The molecule has 2 bridgehead atoms. The lowest BCUT2D eigenvalue weighted by atomic mass is 9.44. The molecule has 7 rings (SSSR count). The van der Waals surface area contributed by atoms with Crippen molar-refractivity contribution >= 4 is 41.5 Å². The first kappa shape index (κ1) is 48.7. The van der Waals surface area contributed by atoms with Crippen molar-refractivity contribution in [1.82, 2.24) is 10.6 Å². The van der Waals surface area contributed by atoms with Crippen molar-refractivity contribution in [3.63, 3.8) is 0 Å². The third-order valence-corrected chi connectivity index (χ3v) is 14.0. The van der Waals surface area contributed by atoms with Crippen LogP contribution in [0.2, 0.25) is 0 Å². The molecule has 1 amide bonds. The van der Waals surface area contributed by atoms with Crippen molar-refractivity contribution < 1.29 is 72.2 Å². The summed E-state index contributed by atoms with van der Waals surface area (Å²) in [5.41, 5.74) is -7.27. The fraction of sp³-hybridized carbons (Fsp3) is 0.460. The predicted molar refractivity (Wildman–Crippen MR) is 235 cm³/mol. The number of likely N-dealkylation sites (N-methyl/N-ethyl adjacent to an activating group) is 1. The third kappa shape index (κ3) is 8.65. The summed E-state index contributed by atoms with van der Waals surface area (Å²) < 4.78 is 36.5. The quantitative estimate of drug-likeness (QED) is 0.109. The van der Waals surface area contributed by atoms with Gasteiger partial charge in [-0.2, -0.15) is 0 Å². The topological polar surface area (TPSA) is 239 Å². The fourth-order valence-electron chi connectivity index (χ4n) is 10.6. The smallest absolute Gasteiger partial charge is 0.350 e. The molecule has 0 aromatic heterocycles. The van der Waals surface area contributed by atoms with Gasteiger partial charge < -0.3 is 49.3 Å². The number of fused-ring (bicyclic) bond motifs is 5. The highest BCUT2D eigenvalue weighted by atomic mass is 16.6. The zero-order chi connectivity index (χ0) is 48.6. The summed E-state index contributed by atoms with van der Waals surface area (Å²) in [5.74, 6) is -7.81. The Balaban J connectivity index is 1.42. The van der Waals surface area contributed by atoms with Gasteiger partial charge in [-0.25, -0.2) is 9.59 Å². The maximum atomic E-state index is 15.6. The first-order chi connectivity index (χ1) is 31.7. The number of benzene rings is 3. The second kappa shape index (κ2) is 18.8. The number of carbonyl (C=O) groups is 7. The monoisotopic (exact) mass is 924 g/mol. The lowest BCUT2D eigenvalue weighted by molar-refractivity contribution is -0.346. The van der Waals surface area contributed by atoms with E-state index in [1.54, 1.807) is 92.7 Å². The average molecular weight is 925 g/mol. The summed E-state index contributed by atoms with van der Waals surface area (Å²) in [6.45, 7) is 7.57. The number of aliphatic hydroxyl groups excluding tert-OH is 1. The molecule has 3 aliphatic carbocycles. The van der Waals surface area contributed by atoms with Gasteiger partial charge in [0.25, 0.3) is 5.91 Å². The molecule has 0 spiro atoms. The number of rotatable bonds is 13. The van der Waals surface area contributed by atoms with Crippen molar-refractivity contribution in [2.75, 3.05) is 20.2 Å². The molecule has 4 aliphatic rings. The van der Waals surface area contributed by atoms with Crippen LogP contribution in [0.15, 0.2) is 102 Å². The molecular weight excluding hydrogens is 869 g/mol. The van der Waals surface area contributed by atoms with E-state index < -0.39 is 119 Å². The Kier molecular flexibility index (Phi) is 13.6. The summed E-state index contributed by atoms with van der Waals surface area (Å²) in [5, 5.41) is 31.5. The molecule has 1 saturated heterocycles. The molecule has 3 fully saturated rings. The van der Waals surface area contributed by atoms with E-state index in [2.05, 4.69) is 10.6 Å². The fourth-order valence-corrected chi connectivity index (χ4v) is 10.6. The molecule has 17 heteroatoms. The molecule has 3 aromatic rings. The standard InChI is InChI=1S/C50H56N2O15/c1-27-33(64-46(60)40(65-36(56)25-51-7)38(30-17-11-8-12-18-30)52-44(58)31-19-13-9-14-20-31)24-50(61)43(66-45(59)32-21-15-10-16-22-32)41-48(6,34(55)23-35-49(41,26-62-35)67-29(3)54)42(57)39(63-28(2)53)37(27)47(50,4)5/h8-22,33-35,38-41,43,51,55,61H,23-26H2,1-7H3,(H,52,58)/t33-,34-,35+,38-,39+,40+,41-,43-,48+,49-,50+/m0/s1. The summed E-state index contributed by atoms with van der Waals surface area (Å²) in [6, 6.07) is 22.9. The van der Waals surface area contributed by atoms with Crippen LogP contribution in [0.25, 0.3) is 0 Å². The van der Waals surface area contributed by atoms with E-state index >= 15 is 9.59 Å². The number of hydrogen-bond donors (Lipinski definition) is 4. The molecular formula is C50H56N2O15. The van der Waals surface area contributed by atoms with E-state index in [0.29, 0.717) is 5.56 Å². The number of esters is 5. The second-order valence-electron chi connectivity index (χ2n) is 18.3. The van der Waals surface area contributed by atoms with Crippen LogP contribution in [-0.2, 0) is 52.4 Å². The van der Waals surface area contributed by atoms with Gasteiger partial charge in [-0.1, -0.05) is 80.6 Å². The molecule has 2 saturated carbocycles. The number of nitrogens with one attached hydrogen (secondary N) is 2. The Labute approximate surface area is 387 Å². The zero-order valence-corrected chi connectivity index (χ0v) is 38.3. The molecule has 17 nitrogen and oxygen atoms in total. The van der Waals surface area contributed by atoms with Gasteiger partial charge in [-0.3, -0.25) is 24.0 Å². The van der Waals surface area contributed by atoms with Gasteiger partial charge in [-0.05, 0) is 61.9 Å². The number of amides is 1. The maximum absolute atomic E-state index is 15.6. The Morgan fingerprint density at radius 2 is 1.43 bits per heavy atom. The number of ketones is 1. The van der Waals surface area contributed by atoms with E-state index in [0.717, 1.165) is 13.8 Å². The van der Waals surface area contributed by atoms with E-state index in [9.17, 15) is 34.2 Å². The number of aliphatic hydroxyl groups is 2. The molecule has 0 unspecified atom stereocenters. The summed E-state index contributed by atoms with van der Waals surface area (Å²) in [6.07, 6.45) is -10.6. The summed E-state index contributed by atoms with van der Waals surface area (Å²) in [4.78, 5) is 98.4. The Bertz CT molecular complexity index is 2440. The highest BCUT2D eigenvalue weighted by Gasteiger charge is 2.78. The van der Waals surface area contributed by atoms with Gasteiger partial charge in [0.1, 0.15) is 30.0 Å². The molecule has 4 N–H and O–H groups in total. The molecule has 67 heavy (non-hydrogen) atoms. The zero-order valence-electron chi connectivity index (χ0n) is 38.3. The Hall–Kier alpha value is -6.27. The van der Waals surface area contributed by atoms with Crippen LogP contribution in [0.3, 0.4) is 0 Å². The number of carbonyl (C=O) groups excluding carboxylic acids is 7. The molecule has 11 atom stereocenters. The van der Waals surface area contributed by atoms with Crippen LogP contribution in [-0.4, -0.2) is 120 Å². The average Bonchev–Trinajstić information content (AvgIpc) is 3.29.